The Morgan fingerprint density at radius 1 is 1.33 bits per heavy atom. The number of carbonyl (C=O) groups excluding carboxylic acids is 2. The van der Waals surface area contributed by atoms with Crippen molar-refractivity contribution in [3.8, 4) is 0 Å². The molecule has 0 spiro atoms. The van der Waals surface area contributed by atoms with Gasteiger partial charge in [-0.2, -0.15) is 0 Å². The Bertz CT molecular complexity index is 870. The van der Waals surface area contributed by atoms with E-state index in [2.05, 4.69) is 23.8 Å². The molecule has 144 valence electrons. The Hall–Kier alpha value is -2.44. The summed E-state index contributed by atoms with van der Waals surface area (Å²) in [4.78, 5) is 38.7. The van der Waals surface area contributed by atoms with Crippen LogP contribution < -0.4 is 0 Å². The molecule has 0 N–H and O–H groups in total. The molecule has 1 atom stereocenters. The van der Waals surface area contributed by atoms with Crippen LogP contribution in [0.15, 0.2) is 18.5 Å². The predicted octanol–water partition coefficient (Wildman–Crippen LogP) is 2.15. The summed E-state index contributed by atoms with van der Waals surface area (Å²) in [5.74, 6) is 1.57. The fourth-order valence-corrected chi connectivity index (χ4v) is 3.95. The molecule has 1 saturated heterocycles. The van der Waals surface area contributed by atoms with Gasteiger partial charge in [-0.05, 0) is 37.7 Å². The van der Waals surface area contributed by atoms with Crippen LogP contribution >= 0.6 is 0 Å². The number of hydrogen-bond donors (Lipinski definition) is 0. The van der Waals surface area contributed by atoms with E-state index in [0.717, 1.165) is 6.54 Å². The number of aromatic nitrogens is 3. The molecule has 0 radical (unpaired) electrons. The van der Waals surface area contributed by atoms with Crippen LogP contribution in [0.1, 0.15) is 49.3 Å². The molecule has 0 bridgehead atoms. The van der Waals surface area contributed by atoms with Crippen molar-refractivity contribution >= 4 is 17.6 Å². The van der Waals surface area contributed by atoms with Crippen molar-refractivity contribution in [1.82, 2.24) is 24.2 Å². The van der Waals surface area contributed by atoms with Crippen molar-refractivity contribution in [3.05, 3.63) is 29.8 Å². The number of fused-ring (bicyclic) bond motifs is 1. The summed E-state index contributed by atoms with van der Waals surface area (Å²) in [6.07, 6.45) is 6.30. The van der Waals surface area contributed by atoms with E-state index in [9.17, 15) is 9.59 Å². The van der Waals surface area contributed by atoms with E-state index in [-0.39, 0.29) is 17.9 Å². The predicted molar refractivity (Wildman–Crippen MR) is 101 cm³/mol. The van der Waals surface area contributed by atoms with E-state index >= 15 is 0 Å². The number of imidazole rings is 1. The second kappa shape index (κ2) is 6.94. The van der Waals surface area contributed by atoms with Gasteiger partial charge in [-0.1, -0.05) is 13.8 Å². The molecular weight excluding hydrogens is 342 g/mol. The van der Waals surface area contributed by atoms with Gasteiger partial charge in [-0.3, -0.25) is 14.0 Å². The molecule has 2 aromatic heterocycles. The van der Waals surface area contributed by atoms with E-state index in [1.54, 1.807) is 16.7 Å². The van der Waals surface area contributed by atoms with Gasteiger partial charge in [0.2, 0.25) is 11.7 Å². The molecule has 7 heteroatoms. The van der Waals surface area contributed by atoms with Gasteiger partial charge in [0.25, 0.3) is 5.91 Å². The molecule has 2 aliphatic rings. The second-order valence-electron chi connectivity index (χ2n) is 8.14. The van der Waals surface area contributed by atoms with Gasteiger partial charge in [0, 0.05) is 38.4 Å². The first-order valence-electron chi connectivity index (χ1n) is 9.84. The molecule has 27 heavy (non-hydrogen) atoms. The number of rotatable bonds is 4. The normalized spacial score (nSPS) is 21.2. The van der Waals surface area contributed by atoms with Gasteiger partial charge in [0.05, 0.1) is 11.7 Å². The number of amides is 2. The second-order valence-corrected chi connectivity index (χ2v) is 8.14. The van der Waals surface area contributed by atoms with Gasteiger partial charge in [-0.15, -0.1) is 0 Å². The molecule has 4 rings (SSSR count). The highest BCUT2D eigenvalue weighted by atomic mass is 16.2. The third-order valence-corrected chi connectivity index (χ3v) is 5.71. The van der Waals surface area contributed by atoms with Crippen LogP contribution in [-0.2, 0) is 4.79 Å². The smallest absolute Gasteiger partial charge is 0.272 e. The summed E-state index contributed by atoms with van der Waals surface area (Å²) in [5.41, 5.74) is 1.22. The van der Waals surface area contributed by atoms with Crippen molar-refractivity contribution < 1.29 is 9.59 Å². The molecule has 1 saturated carbocycles. The van der Waals surface area contributed by atoms with Crippen molar-refractivity contribution in [3.63, 3.8) is 0 Å². The fraction of sp³-hybridized carbons (Fsp3) is 0.600. The molecule has 2 fully saturated rings. The monoisotopic (exact) mass is 369 g/mol. The largest absolute Gasteiger partial charge is 0.337 e. The average Bonchev–Trinajstić information content (AvgIpc) is 3.41. The van der Waals surface area contributed by atoms with E-state index in [1.165, 1.54) is 12.8 Å². The van der Waals surface area contributed by atoms with Crippen molar-refractivity contribution in [2.24, 2.45) is 11.8 Å². The third-order valence-electron chi connectivity index (χ3n) is 5.71. The molecule has 1 aliphatic heterocycles. The lowest BCUT2D eigenvalue weighted by Gasteiger charge is -2.34. The first-order chi connectivity index (χ1) is 13.0. The Morgan fingerprint density at radius 2 is 2.11 bits per heavy atom. The van der Waals surface area contributed by atoms with Gasteiger partial charge in [0.15, 0.2) is 0 Å². The topological polar surface area (TPSA) is 70.8 Å². The molecule has 2 aromatic rings. The van der Waals surface area contributed by atoms with Crippen LogP contribution in [0.4, 0.5) is 0 Å². The number of aryl methyl sites for hydroxylation is 1. The van der Waals surface area contributed by atoms with Crippen molar-refractivity contribution in [1.29, 1.82) is 0 Å². The minimum atomic E-state index is -0.0697. The van der Waals surface area contributed by atoms with E-state index in [1.807, 2.05) is 22.9 Å². The molecule has 2 amide bonds. The lowest BCUT2D eigenvalue weighted by atomic mass is 10.0. The molecular formula is C20H27N5O2. The lowest BCUT2D eigenvalue weighted by Crippen LogP contribution is -2.48. The highest BCUT2D eigenvalue weighted by Gasteiger charge is 2.37. The summed E-state index contributed by atoms with van der Waals surface area (Å²) < 4.78 is 1.75. The highest BCUT2D eigenvalue weighted by molar-refractivity contribution is 5.95. The summed E-state index contributed by atoms with van der Waals surface area (Å²) in [7, 11) is 0. The van der Waals surface area contributed by atoms with Crippen molar-refractivity contribution in [2.75, 3.05) is 19.6 Å². The number of nitrogens with zero attached hydrogens (tertiary/aromatic N) is 5. The Kier molecular flexibility index (Phi) is 4.61. The summed E-state index contributed by atoms with van der Waals surface area (Å²) in [6, 6.07) is 1.85. The van der Waals surface area contributed by atoms with Crippen LogP contribution in [0, 0.1) is 18.8 Å². The minimum Gasteiger partial charge on any atom is -0.337 e. The van der Waals surface area contributed by atoms with Gasteiger partial charge < -0.3 is 9.80 Å². The maximum atomic E-state index is 13.4. The Balaban J connectivity index is 1.63. The van der Waals surface area contributed by atoms with E-state index in [4.69, 9.17) is 0 Å². The van der Waals surface area contributed by atoms with E-state index < -0.39 is 0 Å². The Morgan fingerprint density at radius 3 is 2.81 bits per heavy atom. The quantitative estimate of drug-likeness (QED) is 0.828. The maximum absolute atomic E-state index is 13.4. The molecule has 0 unspecified atom stereocenters. The van der Waals surface area contributed by atoms with Crippen LogP contribution in [0.3, 0.4) is 0 Å². The third kappa shape index (κ3) is 3.42. The first kappa shape index (κ1) is 17.9. The van der Waals surface area contributed by atoms with Crippen LogP contribution in [0.25, 0.3) is 5.78 Å². The SMILES string of the molecule is Cc1nc2ncccn2c1C(=O)N1CCC(=O)N(CC2CC2)[C@H](C(C)C)C1. The van der Waals surface area contributed by atoms with Gasteiger partial charge in [-0.25, -0.2) is 9.97 Å². The summed E-state index contributed by atoms with van der Waals surface area (Å²) >= 11 is 0. The maximum Gasteiger partial charge on any atom is 0.272 e. The summed E-state index contributed by atoms with van der Waals surface area (Å²) in [5, 5.41) is 0. The molecule has 1 aliphatic carbocycles. The number of hydrogen-bond acceptors (Lipinski definition) is 4. The van der Waals surface area contributed by atoms with Gasteiger partial charge >= 0.3 is 0 Å². The van der Waals surface area contributed by atoms with Crippen LogP contribution in [-0.4, -0.2) is 61.7 Å². The molecule has 0 aromatic carbocycles. The zero-order valence-corrected chi connectivity index (χ0v) is 16.3. The molecule has 7 nitrogen and oxygen atoms in total. The lowest BCUT2D eigenvalue weighted by molar-refractivity contribution is -0.133. The zero-order valence-electron chi connectivity index (χ0n) is 16.3. The van der Waals surface area contributed by atoms with E-state index in [0.29, 0.717) is 48.5 Å². The van der Waals surface area contributed by atoms with Crippen LogP contribution in [0.5, 0.6) is 0 Å². The minimum absolute atomic E-state index is 0.0576. The fourth-order valence-electron chi connectivity index (χ4n) is 3.95. The van der Waals surface area contributed by atoms with Crippen molar-refractivity contribution in [2.45, 2.75) is 46.1 Å². The first-order valence-corrected chi connectivity index (χ1v) is 9.84. The van der Waals surface area contributed by atoms with Gasteiger partial charge in [0.1, 0.15) is 5.69 Å². The average molecular weight is 369 g/mol. The highest BCUT2D eigenvalue weighted by Crippen LogP contribution is 2.32. The summed E-state index contributed by atoms with van der Waals surface area (Å²) in [6.45, 7) is 7.97. The van der Waals surface area contributed by atoms with Crippen LogP contribution in [0.2, 0.25) is 0 Å². The number of carbonyl (C=O) groups is 2. The molecule has 3 heterocycles. The Labute approximate surface area is 159 Å². The standard InChI is InChI=1S/C20H27N5O2/c1-13(2)16-12-23(10-7-17(26)25(16)11-15-5-6-15)19(27)18-14(3)22-20-21-8-4-9-24(18)20/h4,8-9,13,15-16H,5-7,10-12H2,1-3H3/t16-/m0/s1. The zero-order chi connectivity index (χ0) is 19.1.